The van der Waals surface area contributed by atoms with Gasteiger partial charge in [0, 0.05) is 6.20 Å². The lowest BCUT2D eigenvalue weighted by atomic mass is 10.1. The van der Waals surface area contributed by atoms with Crippen LogP contribution in [0.5, 0.6) is 0 Å². The van der Waals surface area contributed by atoms with E-state index in [1.807, 2.05) is 10.9 Å². The van der Waals surface area contributed by atoms with E-state index in [1.165, 1.54) is 5.56 Å². The highest BCUT2D eigenvalue weighted by Crippen LogP contribution is 2.13. The fraction of sp³-hybridized carbons (Fsp3) is 0.667. The summed E-state index contributed by atoms with van der Waals surface area (Å²) in [7, 11) is 0. The number of hydrogen-bond acceptors (Lipinski definition) is 2. The van der Waals surface area contributed by atoms with Crippen LogP contribution < -0.4 is 5.73 Å². The molecule has 1 unspecified atom stereocenters. The SMILES string of the molecule is CCC(CCN)n1cc(C)cn1. The van der Waals surface area contributed by atoms with Crippen LogP contribution in [0.3, 0.4) is 0 Å². The lowest BCUT2D eigenvalue weighted by molar-refractivity contribution is 0.418. The van der Waals surface area contributed by atoms with Crippen LogP contribution in [-0.2, 0) is 0 Å². The molecule has 0 radical (unpaired) electrons. The summed E-state index contributed by atoms with van der Waals surface area (Å²) in [6, 6.07) is 0.476. The van der Waals surface area contributed by atoms with Gasteiger partial charge in [-0.1, -0.05) is 6.92 Å². The first-order chi connectivity index (χ1) is 5.77. The van der Waals surface area contributed by atoms with Crippen molar-refractivity contribution in [3.63, 3.8) is 0 Å². The van der Waals surface area contributed by atoms with E-state index in [-0.39, 0.29) is 0 Å². The van der Waals surface area contributed by atoms with Crippen LogP contribution in [0.2, 0.25) is 0 Å². The number of rotatable bonds is 4. The summed E-state index contributed by atoms with van der Waals surface area (Å²) in [6.45, 7) is 4.95. The van der Waals surface area contributed by atoms with Crippen LogP contribution in [0.15, 0.2) is 12.4 Å². The standard InChI is InChI=1S/C9H17N3/c1-3-9(4-5-10)12-7-8(2)6-11-12/h6-7,9H,3-5,10H2,1-2H3. The Bertz CT molecular complexity index is 229. The predicted molar refractivity (Wildman–Crippen MR) is 50.0 cm³/mol. The second-order valence-corrected chi connectivity index (χ2v) is 3.14. The summed E-state index contributed by atoms with van der Waals surface area (Å²) in [5.74, 6) is 0. The molecule has 0 aliphatic heterocycles. The molecule has 0 saturated carbocycles. The van der Waals surface area contributed by atoms with Gasteiger partial charge < -0.3 is 5.73 Å². The predicted octanol–water partition coefficient (Wildman–Crippen LogP) is 1.49. The van der Waals surface area contributed by atoms with E-state index in [9.17, 15) is 0 Å². The van der Waals surface area contributed by atoms with Gasteiger partial charge in [0.05, 0.1) is 12.2 Å². The maximum absolute atomic E-state index is 5.51. The Hall–Kier alpha value is -0.830. The number of nitrogens with zero attached hydrogens (tertiary/aromatic N) is 2. The molecule has 3 heteroatoms. The quantitative estimate of drug-likeness (QED) is 0.738. The van der Waals surface area contributed by atoms with Gasteiger partial charge in [-0.15, -0.1) is 0 Å². The zero-order chi connectivity index (χ0) is 8.97. The molecule has 1 atom stereocenters. The second kappa shape index (κ2) is 4.26. The van der Waals surface area contributed by atoms with Crippen molar-refractivity contribution in [2.75, 3.05) is 6.54 Å². The molecular formula is C9H17N3. The van der Waals surface area contributed by atoms with Gasteiger partial charge in [0.2, 0.25) is 0 Å². The number of hydrogen-bond donors (Lipinski definition) is 1. The van der Waals surface area contributed by atoms with E-state index >= 15 is 0 Å². The number of aryl methyl sites for hydroxylation is 1. The monoisotopic (exact) mass is 167 g/mol. The summed E-state index contributed by atoms with van der Waals surface area (Å²) in [5, 5.41) is 4.27. The molecule has 0 spiro atoms. The highest BCUT2D eigenvalue weighted by atomic mass is 15.3. The maximum Gasteiger partial charge on any atom is 0.0528 e. The van der Waals surface area contributed by atoms with Crippen molar-refractivity contribution in [2.45, 2.75) is 32.7 Å². The minimum atomic E-state index is 0.476. The Morgan fingerprint density at radius 2 is 2.42 bits per heavy atom. The summed E-state index contributed by atoms with van der Waals surface area (Å²) in [6.07, 6.45) is 6.07. The van der Waals surface area contributed by atoms with Crippen LogP contribution in [0.4, 0.5) is 0 Å². The molecule has 0 aliphatic rings. The molecule has 0 bridgehead atoms. The first kappa shape index (κ1) is 9.26. The van der Waals surface area contributed by atoms with Gasteiger partial charge in [0.1, 0.15) is 0 Å². The average Bonchev–Trinajstić information content (AvgIpc) is 2.47. The smallest absolute Gasteiger partial charge is 0.0528 e. The minimum Gasteiger partial charge on any atom is -0.330 e. The van der Waals surface area contributed by atoms with Gasteiger partial charge in [-0.3, -0.25) is 4.68 Å². The Morgan fingerprint density at radius 1 is 1.67 bits per heavy atom. The van der Waals surface area contributed by atoms with Gasteiger partial charge in [-0.05, 0) is 31.9 Å². The third-order valence-corrected chi connectivity index (χ3v) is 2.08. The molecule has 0 aromatic carbocycles. The van der Waals surface area contributed by atoms with Gasteiger partial charge >= 0.3 is 0 Å². The van der Waals surface area contributed by atoms with E-state index < -0.39 is 0 Å². The highest BCUT2D eigenvalue weighted by Gasteiger charge is 2.07. The van der Waals surface area contributed by atoms with Crippen molar-refractivity contribution in [3.8, 4) is 0 Å². The fourth-order valence-electron chi connectivity index (χ4n) is 1.35. The summed E-state index contributed by atoms with van der Waals surface area (Å²) < 4.78 is 2.02. The Morgan fingerprint density at radius 3 is 2.83 bits per heavy atom. The summed E-state index contributed by atoms with van der Waals surface area (Å²) in [4.78, 5) is 0. The Kier molecular flexibility index (Phi) is 3.29. The lowest BCUT2D eigenvalue weighted by Gasteiger charge is -2.13. The van der Waals surface area contributed by atoms with Crippen molar-refractivity contribution in [3.05, 3.63) is 18.0 Å². The van der Waals surface area contributed by atoms with Crippen molar-refractivity contribution in [1.29, 1.82) is 0 Å². The van der Waals surface area contributed by atoms with Crippen LogP contribution >= 0.6 is 0 Å². The lowest BCUT2D eigenvalue weighted by Crippen LogP contribution is -2.13. The van der Waals surface area contributed by atoms with Crippen molar-refractivity contribution >= 4 is 0 Å². The Balaban J connectivity index is 2.66. The molecule has 1 heterocycles. The fourth-order valence-corrected chi connectivity index (χ4v) is 1.35. The first-order valence-electron chi connectivity index (χ1n) is 4.48. The average molecular weight is 167 g/mol. The minimum absolute atomic E-state index is 0.476. The molecule has 0 saturated heterocycles. The molecule has 0 aliphatic carbocycles. The zero-order valence-corrected chi connectivity index (χ0v) is 7.83. The van der Waals surface area contributed by atoms with Crippen LogP contribution in [0, 0.1) is 6.92 Å². The van der Waals surface area contributed by atoms with E-state index in [1.54, 1.807) is 0 Å². The molecule has 0 fully saturated rings. The van der Waals surface area contributed by atoms with Gasteiger partial charge in [0.25, 0.3) is 0 Å². The van der Waals surface area contributed by atoms with E-state index in [2.05, 4.69) is 25.1 Å². The van der Waals surface area contributed by atoms with Crippen molar-refractivity contribution in [1.82, 2.24) is 9.78 Å². The molecule has 0 amide bonds. The third kappa shape index (κ3) is 2.08. The molecular weight excluding hydrogens is 150 g/mol. The summed E-state index contributed by atoms with van der Waals surface area (Å²) >= 11 is 0. The topological polar surface area (TPSA) is 43.8 Å². The van der Waals surface area contributed by atoms with E-state index in [0.717, 1.165) is 19.4 Å². The second-order valence-electron chi connectivity index (χ2n) is 3.14. The summed E-state index contributed by atoms with van der Waals surface area (Å²) in [5.41, 5.74) is 6.72. The molecule has 1 aromatic rings. The Labute approximate surface area is 73.6 Å². The van der Waals surface area contributed by atoms with Gasteiger partial charge in [-0.2, -0.15) is 5.10 Å². The first-order valence-corrected chi connectivity index (χ1v) is 4.48. The third-order valence-electron chi connectivity index (χ3n) is 2.08. The number of nitrogens with two attached hydrogens (primary N) is 1. The highest BCUT2D eigenvalue weighted by molar-refractivity contribution is 5.00. The van der Waals surface area contributed by atoms with Crippen molar-refractivity contribution in [2.24, 2.45) is 5.73 Å². The largest absolute Gasteiger partial charge is 0.330 e. The van der Waals surface area contributed by atoms with Crippen molar-refractivity contribution < 1.29 is 0 Å². The normalized spacial score (nSPS) is 13.2. The molecule has 1 aromatic heterocycles. The maximum atomic E-state index is 5.51. The van der Waals surface area contributed by atoms with Crippen LogP contribution in [0.1, 0.15) is 31.4 Å². The van der Waals surface area contributed by atoms with Gasteiger partial charge in [0.15, 0.2) is 0 Å². The molecule has 2 N–H and O–H groups in total. The molecule has 3 nitrogen and oxygen atoms in total. The zero-order valence-electron chi connectivity index (χ0n) is 7.83. The number of aromatic nitrogens is 2. The molecule has 12 heavy (non-hydrogen) atoms. The van der Waals surface area contributed by atoms with Crippen LogP contribution in [0.25, 0.3) is 0 Å². The van der Waals surface area contributed by atoms with Gasteiger partial charge in [-0.25, -0.2) is 0 Å². The van der Waals surface area contributed by atoms with E-state index in [4.69, 9.17) is 5.73 Å². The van der Waals surface area contributed by atoms with E-state index in [0.29, 0.717) is 6.04 Å². The molecule has 1 rings (SSSR count). The molecule has 68 valence electrons. The van der Waals surface area contributed by atoms with Crippen LogP contribution in [-0.4, -0.2) is 16.3 Å².